The second-order valence-electron chi connectivity index (χ2n) is 5.36. The molecule has 0 saturated carbocycles. The largest absolute Gasteiger partial charge is 0.440 e. The van der Waals surface area contributed by atoms with Crippen molar-refractivity contribution in [2.75, 3.05) is 0 Å². The number of rotatable bonds is 6. The zero-order valence-electron chi connectivity index (χ0n) is 14.2. The molecule has 27 heavy (non-hydrogen) atoms. The van der Waals surface area contributed by atoms with E-state index in [2.05, 4.69) is 4.86 Å². The molecule has 2 unspecified atom stereocenters. The van der Waals surface area contributed by atoms with E-state index in [0.29, 0.717) is 0 Å². The molecule has 1 heterocycles. The summed E-state index contributed by atoms with van der Waals surface area (Å²) in [7, 11) is -0.833. The van der Waals surface area contributed by atoms with Gasteiger partial charge in [0, 0.05) is 0 Å². The summed E-state index contributed by atoms with van der Waals surface area (Å²) in [5, 5.41) is 0. The Bertz CT molecular complexity index is 781. The molecule has 6 nitrogen and oxygen atoms in total. The Morgan fingerprint density at radius 3 is 1.44 bits per heavy atom. The molecule has 138 valence electrons. The SMILES string of the molecule is c1ccc(ON2PNPN(Oc3ccccc3)P2Oc2ccccc2)cc1. The molecule has 9 heteroatoms. The van der Waals surface area contributed by atoms with E-state index in [-0.39, 0.29) is 17.8 Å². The topological polar surface area (TPSA) is 46.2 Å². The van der Waals surface area contributed by atoms with Crippen molar-refractivity contribution in [3.05, 3.63) is 91.0 Å². The molecule has 2 atom stereocenters. The molecular weight excluding hydrogens is 399 g/mol. The third kappa shape index (κ3) is 5.15. The molecule has 3 aromatic rings. The molecule has 0 aliphatic carbocycles. The quantitative estimate of drug-likeness (QED) is 0.534. The standard InChI is InChI=1S/C18H18N3O3P3/c1-4-10-16(11-5-1)22-20-25-19-26-21(23-17-12-6-2-7-13-17)27(20)24-18-14-8-3-9-15-18/h1-15,19,25-26H. The van der Waals surface area contributed by atoms with Gasteiger partial charge >= 0.3 is 8.45 Å². The third-order valence-corrected chi connectivity index (χ3v) is 7.66. The predicted molar refractivity (Wildman–Crippen MR) is 112 cm³/mol. The lowest BCUT2D eigenvalue weighted by molar-refractivity contribution is 0.0754. The number of hydrogen-bond acceptors (Lipinski definition) is 6. The molecule has 1 saturated heterocycles. The zero-order valence-corrected chi connectivity index (χ0v) is 17.1. The molecule has 0 amide bonds. The normalized spacial score (nSPS) is 19.8. The van der Waals surface area contributed by atoms with Crippen LogP contribution in [0.25, 0.3) is 0 Å². The van der Waals surface area contributed by atoms with Crippen LogP contribution in [0.5, 0.6) is 17.2 Å². The predicted octanol–water partition coefficient (Wildman–Crippen LogP) is 5.50. The number of nitrogens with one attached hydrogen (secondary N) is 1. The van der Waals surface area contributed by atoms with Crippen LogP contribution in [0.4, 0.5) is 0 Å². The van der Waals surface area contributed by atoms with Gasteiger partial charge in [-0.3, -0.25) is 0 Å². The monoisotopic (exact) mass is 417 g/mol. The van der Waals surface area contributed by atoms with E-state index in [1.807, 2.05) is 91.0 Å². The molecule has 1 fully saturated rings. The van der Waals surface area contributed by atoms with Crippen molar-refractivity contribution in [3.8, 4) is 17.2 Å². The third-order valence-electron chi connectivity index (χ3n) is 3.41. The Hall–Kier alpha value is -1.77. The second-order valence-corrected chi connectivity index (χ2v) is 9.79. The summed E-state index contributed by atoms with van der Waals surface area (Å²) in [5.74, 6) is 2.27. The van der Waals surface area contributed by atoms with Crippen molar-refractivity contribution in [2.45, 2.75) is 0 Å². The fraction of sp³-hybridized carbons (Fsp3) is 0. The average molecular weight is 417 g/mol. The first-order valence-electron chi connectivity index (χ1n) is 8.24. The van der Waals surface area contributed by atoms with Gasteiger partial charge in [0.05, 0.1) is 17.8 Å². The highest BCUT2D eigenvalue weighted by Gasteiger charge is 2.37. The number of nitrogens with zero attached hydrogens (tertiary/aromatic N) is 2. The first-order valence-corrected chi connectivity index (χ1v) is 11.3. The first-order chi connectivity index (χ1) is 13.4. The maximum atomic E-state index is 6.27. The van der Waals surface area contributed by atoms with E-state index >= 15 is 0 Å². The van der Waals surface area contributed by atoms with Gasteiger partial charge < -0.3 is 14.2 Å². The van der Waals surface area contributed by atoms with Crippen LogP contribution in [0.2, 0.25) is 0 Å². The Morgan fingerprint density at radius 2 is 1.00 bits per heavy atom. The second kappa shape index (κ2) is 9.43. The van der Waals surface area contributed by atoms with E-state index in [4.69, 9.17) is 14.2 Å². The van der Waals surface area contributed by atoms with Crippen molar-refractivity contribution in [3.63, 3.8) is 0 Å². The maximum absolute atomic E-state index is 6.27. The molecule has 1 aliphatic rings. The lowest BCUT2D eigenvalue weighted by Crippen LogP contribution is -2.32. The van der Waals surface area contributed by atoms with E-state index < -0.39 is 8.45 Å². The van der Waals surface area contributed by atoms with Crippen molar-refractivity contribution in [1.82, 2.24) is 14.1 Å². The summed E-state index contributed by atoms with van der Waals surface area (Å²) in [6.45, 7) is 0. The van der Waals surface area contributed by atoms with Crippen LogP contribution in [-0.4, -0.2) is 9.21 Å². The van der Waals surface area contributed by atoms with E-state index in [1.165, 1.54) is 0 Å². The summed E-state index contributed by atoms with van der Waals surface area (Å²) < 4.78 is 9.87. The highest BCUT2D eigenvalue weighted by atomic mass is 31.2. The number of benzene rings is 3. The summed E-state index contributed by atoms with van der Waals surface area (Å²) in [4.78, 5) is 15.5. The summed E-state index contributed by atoms with van der Waals surface area (Å²) in [6, 6.07) is 29.1. The van der Waals surface area contributed by atoms with Crippen LogP contribution >= 0.6 is 26.2 Å². The van der Waals surface area contributed by atoms with Gasteiger partial charge in [-0.1, -0.05) is 54.6 Å². The van der Waals surface area contributed by atoms with Gasteiger partial charge in [0.2, 0.25) is 0 Å². The van der Waals surface area contributed by atoms with Crippen LogP contribution in [0.3, 0.4) is 0 Å². The van der Waals surface area contributed by atoms with Gasteiger partial charge in [0.15, 0.2) is 0 Å². The molecule has 0 radical (unpaired) electrons. The van der Waals surface area contributed by atoms with Crippen LogP contribution in [0, 0.1) is 0 Å². The van der Waals surface area contributed by atoms with E-state index in [9.17, 15) is 0 Å². The van der Waals surface area contributed by atoms with Crippen molar-refractivity contribution in [2.24, 2.45) is 0 Å². The van der Waals surface area contributed by atoms with Gasteiger partial charge in [-0.05, 0) is 45.6 Å². The molecule has 1 N–H and O–H groups in total. The highest BCUT2D eigenvalue weighted by Crippen LogP contribution is 2.59. The minimum absolute atomic E-state index is 0.253. The fourth-order valence-electron chi connectivity index (χ4n) is 2.21. The van der Waals surface area contributed by atoms with Crippen LogP contribution < -0.4 is 19.1 Å². The Kier molecular flexibility index (Phi) is 6.49. The van der Waals surface area contributed by atoms with Gasteiger partial charge in [-0.25, -0.2) is 4.86 Å². The zero-order chi connectivity index (χ0) is 18.3. The van der Waals surface area contributed by atoms with Crippen LogP contribution in [0.1, 0.15) is 0 Å². The fourth-order valence-corrected chi connectivity index (χ4v) is 6.99. The van der Waals surface area contributed by atoms with E-state index in [0.717, 1.165) is 17.2 Å². The lowest BCUT2D eigenvalue weighted by Gasteiger charge is -2.38. The Balaban J connectivity index is 1.56. The molecule has 0 aromatic heterocycles. The molecular formula is C18H18N3O3P3. The molecule has 0 bridgehead atoms. The van der Waals surface area contributed by atoms with Crippen molar-refractivity contribution in [1.29, 1.82) is 0 Å². The Labute approximate surface area is 163 Å². The van der Waals surface area contributed by atoms with Crippen LogP contribution in [-0.2, 0) is 0 Å². The van der Waals surface area contributed by atoms with Gasteiger partial charge in [-0.15, -0.1) is 0 Å². The average Bonchev–Trinajstić information content (AvgIpc) is 2.73. The van der Waals surface area contributed by atoms with Gasteiger partial charge in [0.1, 0.15) is 17.2 Å². The number of hydrogen-bond donors (Lipinski definition) is 1. The first kappa shape index (κ1) is 18.6. The summed E-state index contributed by atoms with van der Waals surface area (Å²) in [5.41, 5.74) is 0. The summed E-state index contributed by atoms with van der Waals surface area (Å²) in [6.07, 6.45) is 0. The molecule has 4 rings (SSSR count). The Morgan fingerprint density at radius 1 is 0.593 bits per heavy atom. The molecule has 0 spiro atoms. The minimum atomic E-state index is -1.34. The smallest absolute Gasteiger partial charge is 0.328 e. The molecule has 3 aromatic carbocycles. The van der Waals surface area contributed by atoms with Crippen LogP contribution in [0.15, 0.2) is 91.0 Å². The van der Waals surface area contributed by atoms with E-state index in [1.54, 1.807) is 9.21 Å². The van der Waals surface area contributed by atoms with Crippen molar-refractivity contribution >= 4 is 26.2 Å². The highest BCUT2D eigenvalue weighted by molar-refractivity contribution is 7.70. The van der Waals surface area contributed by atoms with Gasteiger partial charge in [0.25, 0.3) is 0 Å². The van der Waals surface area contributed by atoms with Gasteiger partial charge in [-0.2, -0.15) is 0 Å². The maximum Gasteiger partial charge on any atom is 0.328 e. The minimum Gasteiger partial charge on any atom is -0.440 e. The van der Waals surface area contributed by atoms with Crippen molar-refractivity contribution < 1.29 is 14.2 Å². The molecule has 1 aliphatic heterocycles. The lowest BCUT2D eigenvalue weighted by atomic mass is 10.3. The summed E-state index contributed by atoms with van der Waals surface area (Å²) >= 11 is 0. The number of para-hydroxylation sites is 3.